The lowest BCUT2D eigenvalue weighted by atomic mass is 9.98. The van der Waals surface area contributed by atoms with Crippen molar-refractivity contribution in [1.29, 1.82) is 0 Å². The molecule has 0 unspecified atom stereocenters. The molecule has 1 fully saturated rings. The lowest BCUT2D eigenvalue weighted by molar-refractivity contribution is -0.130. The number of pyridine rings is 2. The van der Waals surface area contributed by atoms with Crippen LogP contribution >= 0.6 is 11.6 Å². The van der Waals surface area contributed by atoms with Crippen molar-refractivity contribution in [3.05, 3.63) is 75.8 Å². The molecular weight excluding hydrogens is 613 g/mol. The molecular formula is C33H33ClFN7O4. The van der Waals surface area contributed by atoms with Crippen LogP contribution in [0.1, 0.15) is 57.8 Å². The normalized spacial score (nSPS) is 17.7. The van der Waals surface area contributed by atoms with Gasteiger partial charge in [-0.1, -0.05) is 51.9 Å². The number of piperazine rings is 1. The third-order valence-electron chi connectivity index (χ3n) is 8.54. The standard InChI is InChI=1S/C33H33ClFN7O4/c1-7-23(44)40-13-21-32(45)39-28-29(41(21)12-17(40)6)18-11-19(34)27(24-20(35)9-8-10-22(24)43)38-31(18)42(33(28)46)30-25(15(2)3)36-14-37-26(30)16(4)5/h7-11,14-17,21,43H,1,12-13H2,2-6H3,(H,39,45)/t17-,21-/m1/s1. The number of anilines is 2. The number of aromatic nitrogens is 4. The van der Waals surface area contributed by atoms with Crippen molar-refractivity contribution in [3.8, 4) is 22.7 Å². The van der Waals surface area contributed by atoms with Gasteiger partial charge in [0.2, 0.25) is 11.8 Å². The van der Waals surface area contributed by atoms with Gasteiger partial charge in [-0.3, -0.25) is 19.0 Å². The quantitative estimate of drug-likeness (QED) is 0.285. The minimum Gasteiger partial charge on any atom is -0.507 e. The first-order valence-electron chi connectivity index (χ1n) is 15.0. The Morgan fingerprint density at radius 2 is 1.80 bits per heavy atom. The highest BCUT2D eigenvalue weighted by Gasteiger charge is 2.44. The second kappa shape index (κ2) is 11.5. The minimum atomic E-state index is -0.822. The summed E-state index contributed by atoms with van der Waals surface area (Å²) in [5.41, 5.74) is 1.15. The molecule has 2 amide bonds. The lowest BCUT2D eigenvalue weighted by Crippen LogP contribution is -2.64. The Labute approximate surface area is 269 Å². The van der Waals surface area contributed by atoms with Gasteiger partial charge in [-0.25, -0.2) is 19.3 Å². The van der Waals surface area contributed by atoms with Crippen LogP contribution in [0.5, 0.6) is 5.75 Å². The van der Waals surface area contributed by atoms with Gasteiger partial charge in [0.05, 0.1) is 45.6 Å². The Bertz CT molecular complexity index is 1960. The fraction of sp³-hybridized carbons (Fsp3) is 0.333. The van der Waals surface area contributed by atoms with E-state index in [9.17, 15) is 19.5 Å². The summed E-state index contributed by atoms with van der Waals surface area (Å²) >= 11 is 6.82. The number of phenolic OH excluding ortho intramolecular Hbond substituents is 1. The van der Waals surface area contributed by atoms with Gasteiger partial charge in [0, 0.05) is 18.0 Å². The van der Waals surface area contributed by atoms with Gasteiger partial charge in [-0.15, -0.1) is 0 Å². The van der Waals surface area contributed by atoms with Crippen molar-refractivity contribution in [1.82, 2.24) is 24.4 Å². The zero-order chi connectivity index (χ0) is 33.2. The Kier molecular flexibility index (Phi) is 7.79. The smallest absolute Gasteiger partial charge is 0.282 e. The summed E-state index contributed by atoms with van der Waals surface area (Å²) in [6.45, 7) is 13.5. The van der Waals surface area contributed by atoms with E-state index in [4.69, 9.17) is 16.6 Å². The van der Waals surface area contributed by atoms with Crippen LogP contribution in [0.3, 0.4) is 0 Å². The molecule has 0 bridgehead atoms. The third kappa shape index (κ3) is 4.79. The molecule has 0 aliphatic carbocycles. The molecule has 13 heteroatoms. The molecule has 6 rings (SSSR count). The van der Waals surface area contributed by atoms with Crippen molar-refractivity contribution < 1.29 is 19.1 Å². The van der Waals surface area contributed by atoms with Crippen molar-refractivity contribution in [2.24, 2.45) is 0 Å². The van der Waals surface area contributed by atoms with Gasteiger partial charge in [-0.2, -0.15) is 0 Å². The molecule has 5 heterocycles. The predicted octanol–water partition coefficient (Wildman–Crippen LogP) is 5.13. The number of hydrogen-bond acceptors (Lipinski definition) is 8. The molecule has 2 atom stereocenters. The van der Waals surface area contributed by atoms with Gasteiger partial charge in [0.1, 0.15) is 29.6 Å². The van der Waals surface area contributed by atoms with Crippen LogP contribution in [-0.4, -0.2) is 66.5 Å². The van der Waals surface area contributed by atoms with E-state index in [1.54, 1.807) is 15.9 Å². The maximum Gasteiger partial charge on any atom is 0.282 e. The van der Waals surface area contributed by atoms with E-state index in [0.29, 0.717) is 28.1 Å². The number of carbonyl (C=O) groups is 2. The number of benzene rings is 1. The topological polar surface area (TPSA) is 134 Å². The Morgan fingerprint density at radius 3 is 2.41 bits per heavy atom. The van der Waals surface area contributed by atoms with Gasteiger partial charge in [0.15, 0.2) is 5.65 Å². The molecule has 0 radical (unpaired) electrons. The molecule has 2 aliphatic heterocycles. The SMILES string of the molecule is C=CC(=O)N1C[C@@H]2C(=O)Nc3c(c4cc(Cl)c(-c5c(O)cccc5F)nc4n(-c4c(C(C)C)ncnc4C(C)C)c3=O)N2C[C@H]1C. The zero-order valence-electron chi connectivity index (χ0n) is 26.0. The molecule has 46 heavy (non-hydrogen) atoms. The maximum atomic E-state index is 15.2. The van der Waals surface area contributed by atoms with E-state index in [2.05, 4.69) is 21.9 Å². The van der Waals surface area contributed by atoms with Crippen molar-refractivity contribution >= 4 is 45.8 Å². The molecule has 1 aromatic carbocycles. The van der Waals surface area contributed by atoms with E-state index < -0.39 is 23.3 Å². The molecule has 1 saturated heterocycles. The van der Waals surface area contributed by atoms with E-state index >= 15 is 4.39 Å². The summed E-state index contributed by atoms with van der Waals surface area (Å²) in [6.07, 6.45) is 2.66. The number of hydrogen-bond donors (Lipinski definition) is 2. The highest BCUT2D eigenvalue weighted by molar-refractivity contribution is 6.34. The summed E-state index contributed by atoms with van der Waals surface area (Å²) in [6, 6.07) is 4.28. The van der Waals surface area contributed by atoms with E-state index in [0.717, 1.165) is 0 Å². The summed E-state index contributed by atoms with van der Waals surface area (Å²) in [5, 5.41) is 13.9. The number of amides is 2. The molecule has 238 valence electrons. The van der Waals surface area contributed by atoms with Crippen LogP contribution < -0.4 is 15.8 Å². The Hall–Kier alpha value is -4.84. The molecule has 0 spiro atoms. The molecule has 2 aliphatic rings. The number of nitrogens with zero attached hydrogens (tertiary/aromatic N) is 6. The van der Waals surface area contributed by atoms with Crippen molar-refractivity contribution in [2.45, 2.75) is 58.5 Å². The van der Waals surface area contributed by atoms with Gasteiger partial charge >= 0.3 is 0 Å². The number of phenols is 1. The van der Waals surface area contributed by atoms with Crippen LogP contribution in [0.4, 0.5) is 15.8 Å². The first-order valence-corrected chi connectivity index (χ1v) is 15.4. The van der Waals surface area contributed by atoms with Crippen molar-refractivity contribution in [2.75, 3.05) is 23.3 Å². The second-order valence-corrected chi connectivity index (χ2v) is 12.6. The number of carbonyl (C=O) groups excluding carboxylic acids is 2. The molecule has 3 aromatic heterocycles. The molecule has 0 saturated carbocycles. The lowest BCUT2D eigenvalue weighted by Gasteiger charge is -2.48. The average molecular weight is 646 g/mol. The van der Waals surface area contributed by atoms with Crippen LogP contribution in [-0.2, 0) is 9.59 Å². The Balaban J connectivity index is 1.75. The van der Waals surface area contributed by atoms with Gasteiger partial charge in [0.25, 0.3) is 5.56 Å². The van der Waals surface area contributed by atoms with Crippen molar-refractivity contribution in [3.63, 3.8) is 0 Å². The number of rotatable bonds is 5. The molecule has 4 aromatic rings. The predicted molar refractivity (Wildman–Crippen MR) is 174 cm³/mol. The highest BCUT2D eigenvalue weighted by atomic mass is 35.5. The number of nitrogens with one attached hydrogen (secondary N) is 1. The molecule has 2 N–H and O–H groups in total. The fourth-order valence-corrected chi connectivity index (χ4v) is 6.61. The monoisotopic (exact) mass is 645 g/mol. The third-order valence-corrected chi connectivity index (χ3v) is 8.82. The van der Waals surface area contributed by atoms with Gasteiger partial charge < -0.3 is 20.2 Å². The molecule has 11 nitrogen and oxygen atoms in total. The highest BCUT2D eigenvalue weighted by Crippen LogP contribution is 2.44. The zero-order valence-corrected chi connectivity index (χ0v) is 26.8. The average Bonchev–Trinajstić information content (AvgIpc) is 3.01. The summed E-state index contributed by atoms with van der Waals surface area (Å²) in [5.74, 6) is -2.18. The van der Waals surface area contributed by atoms with E-state index in [-0.39, 0.29) is 70.2 Å². The largest absolute Gasteiger partial charge is 0.507 e. The number of halogens is 2. The number of fused-ring (bicyclic) bond motifs is 5. The van der Waals surface area contributed by atoms with E-state index in [1.807, 2.05) is 34.6 Å². The fourth-order valence-electron chi connectivity index (χ4n) is 6.37. The van der Waals surface area contributed by atoms with Crippen LogP contribution in [0.15, 0.2) is 48.0 Å². The van der Waals surface area contributed by atoms with Crippen LogP contribution in [0, 0.1) is 5.82 Å². The van der Waals surface area contributed by atoms with E-state index in [1.165, 1.54) is 35.2 Å². The Morgan fingerprint density at radius 1 is 1.13 bits per heavy atom. The number of aromatic hydroxyl groups is 1. The first kappa shape index (κ1) is 31.2. The summed E-state index contributed by atoms with van der Waals surface area (Å²) < 4.78 is 16.6. The van der Waals surface area contributed by atoms with Crippen LogP contribution in [0.25, 0.3) is 28.0 Å². The minimum absolute atomic E-state index is 0.0112. The second-order valence-electron chi connectivity index (χ2n) is 12.2. The first-order chi connectivity index (χ1) is 21.8. The van der Waals surface area contributed by atoms with Gasteiger partial charge in [-0.05, 0) is 43.0 Å². The maximum absolute atomic E-state index is 15.2. The van der Waals surface area contributed by atoms with Crippen LogP contribution in [0.2, 0.25) is 5.02 Å². The summed E-state index contributed by atoms with van der Waals surface area (Å²) in [7, 11) is 0. The summed E-state index contributed by atoms with van der Waals surface area (Å²) in [4.78, 5) is 58.3.